The molecule has 2 aromatic rings. The maximum absolute atomic E-state index is 15.1. The van der Waals surface area contributed by atoms with Crippen molar-refractivity contribution >= 4 is 22.6 Å². The van der Waals surface area contributed by atoms with Gasteiger partial charge in [-0.3, -0.25) is 4.79 Å². The van der Waals surface area contributed by atoms with Crippen molar-refractivity contribution in [1.29, 1.82) is 0 Å². The largest absolute Gasteiger partial charge is 0.492 e. The first-order chi connectivity index (χ1) is 13.2. The number of carboxylic acids is 1. The van der Waals surface area contributed by atoms with Crippen LogP contribution in [0.5, 0.6) is 5.75 Å². The number of anilines is 1. The lowest BCUT2D eigenvalue weighted by Gasteiger charge is -2.26. The van der Waals surface area contributed by atoms with Crippen molar-refractivity contribution in [2.75, 3.05) is 25.1 Å². The van der Waals surface area contributed by atoms with Gasteiger partial charge in [0.2, 0.25) is 5.43 Å². The van der Waals surface area contributed by atoms with E-state index < -0.39 is 35.0 Å². The zero-order chi connectivity index (χ0) is 20.0. The van der Waals surface area contributed by atoms with E-state index in [-0.39, 0.29) is 40.2 Å². The smallest absolute Gasteiger partial charge is 0.341 e. The lowest BCUT2D eigenvalue weighted by Crippen LogP contribution is -2.34. The Bertz CT molecular complexity index is 1100. The number of piperidine rings is 1. The second-order valence-electron chi connectivity index (χ2n) is 8.05. The third kappa shape index (κ3) is 2.28. The number of hydrogen-bond donors (Lipinski definition) is 2. The zero-order valence-corrected chi connectivity index (χ0v) is 15.1. The fourth-order valence-corrected chi connectivity index (χ4v) is 4.48. The number of ether oxygens (including phenoxy) is 1. The van der Waals surface area contributed by atoms with E-state index in [0.717, 1.165) is 18.7 Å². The molecule has 3 aliphatic rings. The van der Waals surface area contributed by atoms with Crippen LogP contribution in [0.4, 0.5) is 14.5 Å². The molecular weight excluding hydrogens is 372 g/mol. The number of carbonyl (C=O) groups is 1. The van der Waals surface area contributed by atoms with Crippen LogP contribution in [0.2, 0.25) is 0 Å². The van der Waals surface area contributed by atoms with Crippen LogP contribution >= 0.6 is 0 Å². The number of carboxylic acid groups (broad SMARTS) is 1. The molecule has 2 heterocycles. The molecule has 1 saturated heterocycles. The van der Waals surface area contributed by atoms with Crippen molar-refractivity contribution < 1.29 is 23.4 Å². The minimum Gasteiger partial charge on any atom is -0.492 e. The molecule has 0 bridgehead atoms. The molecule has 2 unspecified atom stereocenters. The van der Waals surface area contributed by atoms with Crippen molar-refractivity contribution in [3.63, 3.8) is 0 Å². The quantitative estimate of drug-likeness (QED) is 0.823. The van der Waals surface area contributed by atoms with Gasteiger partial charge >= 0.3 is 5.97 Å². The summed E-state index contributed by atoms with van der Waals surface area (Å²) in [4.78, 5) is 25.9. The number of alkyl halides is 1. The average molecular weight is 391 g/mol. The first-order valence-electron chi connectivity index (χ1n) is 9.11. The van der Waals surface area contributed by atoms with Gasteiger partial charge < -0.3 is 25.0 Å². The summed E-state index contributed by atoms with van der Waals surface area (Å²) in [5.41, 5.74) is 4.96. The molecule has 4 atom stereocenters. The number of aromatic carboxylic acids is 1. The minimum absolute atomic E-state index is 0.105. The minimum atomic E-state index is -1.44. The van der Waals surface area contributed by atoms with E-state index in [9.17, 15) is 19.1 Å². The summed E-state index contributed by atoms with van der Waals surface area (Å²) in [6, 6.07) is 0.419. The highest BCUT2D eigenvalue weighted by atomic mass is 19.1. The highest BCUT2D eigenvalue weighted by Crippen LogP contribution is 2.52. The third-order valence-corrected chi connectivity index (χ3v) is 6.19. The molecule has 3 fully saturated rings. The van der Waals surface area contributed by atoms with E-state index in [1.54, 1.807) is 4.90 Å². The molecule has 1 aliphatic heterocycles. The van der Waals surface area contributed by atoms with Crippen LogP contribution < -0.4 is 20.8 Å². The van der Waals surface area contributed by atoms with Crippen LogP contribution in [-0.4, -0.2) is 47.6 Å². The van der Waals surface area contributed by atoms with Gasteiger partial charge in [-0.15, -0.1) is 0 Å². The second-order valence-corrected chi connectivity index (χ2v) is 8.05. The molecule has 3 N–H and O–H groups in total. The van der Waals surface area contributed by atoms with Gasteiger partial charge in [-0.05, 0) is 18.4 Å². The molecule has 0 spiro atoms. The number of hydrogen-bond acceptors (Lipinski definition) is 5. The fraction of sp³-hybridized carbons (Fsp3) is 0.474. The summed E-state index contributed by atoms with van der Waals surface area (Å²) in [6.07, 6.45) is 1.06. The van der Waals surface area contributed by atoms with Crippen molar-refractivity contribution in [2.45, 2.75) is 30.6 Å². The maximum atomic E-state index is 15.1. The van der Waals surface area contributed by atoms with Gasteiger partial charge in [-0.1, -0.05) is 0 Å². The number of nitrogens with zero attached hydrogens (tertiary/aromatic N) is 2. The second kappa shape index (κ2) is 5.44. The first kappa shape index (κ1) is 17.4. The number of fused-ring (bicyclic) bond motifs is 2. The van der Waals surface area contributed by atoms with Crippen LogP contribution in [0, 0.1) is 11.7 Å². The number of nitrogens with two attached hydrogens (primary N) is 1. The van der Waals surface area contributed by atoms with Crippen LogP contribution in [0.15, 0.2) is 17.1 Å². The van der Waals surface area contributed by atoms with E-state index in [4.69, 9.17) is 10.5 Å². The van der Waals surface area contributed by atoms with Crippen LogP contribution in [0.3, 0.4) is 0 Å². The molecule has 1 aromatic carbocycles. The predicted molar refractivity (Wildman–Crippen MR) is 97.5 cm³/mol. The van der Waals surface area contributed by atoms with Gasteiger partial charge in [0.25, 0.3) is 0 Å². The van der Waals surface area contributed by atoms with Crippen molar-refractivity contribution in [2.24, 2.45) is 11.7 Å². The molecule has 1 aromatic heterocycles. The van der Waals surface area contributed by atoms with Gasteiger partial charge in [0, 0.05) is 31.2 Å². The molecule has 0 amide bonds. The van der Waals surface area contributed by atoms with E-state index >= 15 is 4.39 Å². The van der Waals surface area contributed by atoms with E-state index in [1.807, 2.05) is 0 Å². The molecule has 7 nitrogen and oxygen atoms in total. The molecule has 0 radical (unpaired) electrons. The Morgan fingerprint density at radius 3 is 2.71 bits per heavy atom. The summed E-state index contributed by atoms with van der Waals surface area (Å²) in [6.45, 7) is 1.03. The zero-order valence-electron chi connectivity index (χ0n) is 15.1. The standard InChI is InChI=1S/C19H19F2N3O4/c1-28-17-14-9(2-12(21)15(17)23-5-8-4-19(8,22)7-23)16(25)10(18(26)27)6-24(14)13-3-11(13)20/h2,6,8,11,13H,3-5,7,22H2,1H3,(H,26,27)/t8?,11-,13+,19?/m0/s1. The maximum Gasteiger partial charge on any atom is 0.341 e. The summed E-state index contributed by atoms with van der Waals surface area (Å²) < 4.78 is 35.8. The molecular formula is C19H19F2N3O4. The molecule has 2 saturated carbocycles. The summed E-state index contributed by atoms with van der Waals surface area (Å²) in [5, 5.41) is 9.21. The predicted octanol–water partition coefficient (Wildman–Crippen LogP) is 1.67. The Morgan fingerprint density at radius 2 is 2.18 bits per heavy atom. The van der Waals surface area contributed by atoms with Crippen molar-refractivity contribution in [1.82, 2.24) is 4.57 Å². The van der Waals surface area contributed by atoms with Gasteiger partial charge in [0.1, 0.15) is 17.4 Å². The Hall–Kier alpha value is -2.68. The fourth-order valence-electron chi connectivity index (χ4n) is 4.48. The van der Waals surface area contributed by atoms with Gasteiger partial charge in [0.15, 0.2) is 11.6 Å². The average Bonchev–Trinajstić information content (AvgIpc) is 3.48. The number of benzene rings is 1. The summed E-state index contributed by atoms with van der Waals surface area (Å²) >= 11 is 0. The number of aromatic nitrogens is 1. The highest BCUT2D eigenvalue weighted by molar-refractivity contribution is 5.97. The van der Waals surface area contributed by atoms with Gasteiger partial charge in [0.05, 0.1) is 24.1 Å². The Morgan fingerprint density at radius 1 is 1.46 bits per heavy atom. The molecule has 2 aliphatic carbocycles. The first-order valence-corrected chi connectivity index (χ1v) is 9.11. The number of methoxy groups -OCH3 is 1. The Balaban J connectivity index is 1.80. The summed E-state index contributed by atoms with van der Waals surface area (Å²) in [5.74, 6) is -1.74. The normalized spacial score (nSPS) is 30.4. The third-order valence-electron chi connectivity index (χ3n) is 6.19. The SMILES string of the molecule is COc1c(N2CC3CC3(N)C2)c(F)cc2c(=O)c(C(=O)O)cn([C@@H]3C[C@@H]3F)c12. The molecule has 28 heavy (non-hydrogen) atoms. The monoisotopic (exact) mass is 391 g/mol. The molecule has 148 valence electrons. The van der Waals surface area contributed by atoms with Crippen LogP contribution in [0.25, 0.3) is 10.9 Å². The number of pyridine rings is 1. The Kier molecular flexibility index (Phi) is 3.38. The van der Waals surface area contributed by atoms with Crippen molar-refractivity contribution in [3.8, 4) is 5.75 Å². The number of rotatable bonds is 4. The van der Waals surface area contributed by atoms with Crippen molar-refractivity contribution in [3.05, 3.63) is 33.9 Å². The van der Waals surface area contributed by atoms with Gasteiger partial charge in [-0.25, -0.2) is 13.6 Å². The van der Waals surface area contributed by atoms with E-state index in [0.29, 0.717) is 13.1 Å². The van der Waals surface area contributed by atoms with Gasteiger partial charge in [-0.2, -0.15) is 0 Å². The lowest BCUT2D eigenvalue weighted by atomic mass is 10.1. The lowest BCUT2D eigenvalue weighted by molar-refractivity contribution is 0.0694. The molecule has 5 rings (SSSR count). The summed E-state index contributed by atoms with van der Waals surface area (Å²) in [7, 11) is 1.35. The molecule has 9 heteroatoms. The van der Waals surface area contributed by atoms with Crippen LogP contribution in [-0.2, 0) is 0 Å². The van der Waals surface area contributed by atoms with E-state index in [1.165, 1.54) is 11.7 Å². The number of halogens is 2. The topological polar surface area (TPSA) is 97.8 Å². The highest BCUT2D eigenvalue weighted by Gasteiger charge is 2.58. The van der Waals surface area contributed by atoms with E-state index in [2.05, 4.69) is 0 Å². The van der Waals surface area contributed by atoms with Crippen LogP contribution in [0.1, 0.15) is 29.2 Å². The Labute approximate surface area is 158 Å².